The van der Waals surface area contributed by atoms with Gasteiger partial charge in [0.05, 0.1) is 26.4 Å². The molecule has 1 aromatic carbocycles. The van der Waals surface area contributed by atoms with Gasteiger partial charge in [0.25, 0.3) is 0 Å². The lowest BCUT2D eigenvalue weighted by Gasteiger charge is -2.42. The average molecular weight is 535 g/mol. The van der Waals surface area contributed by atoms with Crippen LogP contribution in [0.3, 0.4) is 0 Å². The Morgan fingerprint density at radius 1 is 1.03 bits per heavy atom. The van der Waals surface area contributed by atoms with E-state index in [4.69, 9.17) is 29.7 Å². The van der Waals surface area contributed by atoms with Crippen LogP contribution in [0.25, 0.3) is 0 Å². The first-order valence-corrected chi connectivity index (χ1v) is 15.3. The summed E-state index contributed by atoms with van der Waals surface area (Å²) >= 11 is 6.36. The molecule has 4 rings (SSSR count). The van der Waals surface area contributed by atoms with Gasteiger partial charge in [-0.1, -0.05) is 11.6 Å². The quantitative estimate of drug-likeness (QED) is 0.388. The van der Waals surface area contributed by atoms with Crippen molar-refractivity contribution in [3.63, 3.8) is 0 Å². The van der Waals surface area contributed by atoms with Crippen LogP contribution < -0.4 is 5.32 Å². The number of nitrogens with one attached hydrogen (secondary N) is 1. The molecule has 2 unspecified atom stereocenters. The predicted octanol–water partition coefficient (Wildman–Crippen LogP) is 5.58. The Labute approximate surface area is 205 Å². The number of amides is 1. The van der Waals surface area contributed by atoms with E-state index in [1.54, 1.807) is 45.9 Å². The predicted molar refractivity (Wildman–Crippen MR) is 131 cm³/mol. The van der Waals surface area contributed by atoms with Crippen molar-refractivity contribution < 1.29 is 32.0 Å². The Balaban J connectivity index is 2.04. The van der Waals surface area contributed by atoms with Crippen LogP contribution in [0.15, 0.2) is 18.2 Å². The minimum atomic E-state index is -4.15. The van der Waals surface area contributed by atoms with E-state index in [9.17, 15) is 13.9 Å². The summed E-state index contributed by atoms with van der Waals surface area (Å²) in [6, 6.07) is 4.62. The number of benzene rings is 1. The molecule has 3 heterocycles. The number of nitrogens with zero attached hydrogens (tertiary/aromatic N) is 1. The summed E-state index contributed by atoms with van der Waals surface area (Å²) in [4.78, 5) is 14.0. The van der Waals surface area contributed by atoms with E-state index in [0.29, 0.717) is 35.7 Å². The first kappa shape index (κ1) is 26.3. The molecule has 1 N–H and O–H groups in total. The van der Waals surface area contributed by atoms with E-state index in [1.807, 2.05) is 4.90 Å². The Bertz CT molecular complexity index is 1000. The summed E-state index contributed by atoms with van der Waals surface area (Å²) in [7, 11) is -8.29. The van der Waals surface area contributed by atoms with Gasteiger partial charge in [0.1, 0.15) is 5.54 Å². The molecule has 12 heteroatoms. The van der Waals surface area contributed by atoms with E-state index in [1.165, 1.54) is 0 Å². The monoisotopic (exact) mass is 534 g/mol. The number of carbonyl (C=O) groups is 1. The number of anilines is 1. The molecule has 34 heavy (non-hydrogen) atoms. The minimum Gasteiger partial charge on any atom is -0.324 e. The molecule has 0 bridgehead atoms. The first-order chi connectivity index (χ1) is 16.2. The molecular formula is C22H33ClN2O7P2. The van der Waals surface area contributed by atoms with Gasteiger partial charge < -0.3 is 23.4 Å². The van der Waals surface area contributed by atoms with Gasteiger partial charge in [0, 0.05) is 28.7 Å². The second kappa shape index (κ2) is 9.60. The number of carbonyl (C=O) groups excluding carboxylic acids is 1. The topological polar surface area (TPSA) is 103 Å². The minimum absolute atomic E-state index is 0.0750. The highest BCUT2D eigenvalue weighted by Crippen LogP contribution is 2.85. The van der Waals surface area contributed by atoms with Crippen LogP contribution in [0, 0.1) is 0 Å². The third-order valence-corrected chi connectivity index (χ3v) is 13.9. The van der Waals surface area contributed by atoms with Crippen molar-refractivity contribution in [2.75, 3.05) is 38.3 Å². The van der Waals surface area contributed by atoms with Gasteiger partial charge in [0.2, 0.25) is 5.91 Å². The number of rotatable bonds is 10. The van der Waals surface area contributed by atoms with Crippen LogP contribution in [0.5, 0.6) is 0 Å². The first-order valence-electron chi connectivity index (χ1n) is 11.9. The van der Waals surface area contributed by atoms with Crippen molar-refractivity contribution in [1.82, 2.24) is 4.90 Å². The number of halogens is 1. The molecule has 2 saturated heterocycles. The molecule has 9 nitrogen and oxygen atoms in total. The third-order valence-electron chi connectivity index (χ3n) is 6.99. The van der Waals surface area contributed by atoms with E-state index >= 15 is 0 Å². The van der Waals surface area contributed by atoms with Crippen molar-refractivity contribution in [2.24, 2.45) is 0 Å². The van der Waals surface area contributed by atoms with Crippen LogP contribution in [-0.4, -0.2) is 54.7 Å². The normalized spacial score (nSPS) is 26.1. The number of fused-ring (bicyclic) bond motifs is 4. The van der Waals surface area contributed by atoms with Gasteiger partial charge in [-0.3, -0.25) is 18.8 Å². The number of hydrogen-bond donors (Lipinski definition) is 1. The van der Waals surface area contributed by atoms with Crippen LogP contribution in [0.2, 0.25) is 5.02 Å². The number of hydrogen-bond acceptors (Lipinski definition) is 8. The molecule has 1 spiro atoms. The molecule has 2 atom stereocenters. The van der Waals surface area contributed by atoms with Crippen LogP contribution >= 0.6 is 26.8 Å². The lowest BCUT2D eigenvalue weighted by molar-refractivity contribution is -0.126. The fourth-order valence-corrected chi connectivity index (χ4v) is 12.6. The van der Waals surface area contributed by atoms with Crippen molar-refractivity contribution in [2.45, 2.75) is 63.4 Å². The smallest absolute Gasteiger partial charge is 0.324 e. The van der Waals surface area contributed by atoms with Crippen LogP contribution in [-0.2, 0) is 37.6 Å². The molecule has 2 fully saturated rings. The fourth-order valence-electron chi connectivity index (χ4n) is 5.99. The zero-order valence-electron chi connectivity index (χ0n) is 20.0. The zero-order valence-corrected chi connectivity index (χ0v) is 22.6. The summed E-state index contributed by atoms with van der Waals surface area (Å²) in [5.41, 5.74) is 0.0359. The van der Waals surface area contributed by atoms with Crippen LogP contribution in [0.4, 0.5) is 5.69 Å². The summed E-state index contributed by atoms with van der Waals surface area (Å²) in [6.45, 7) is 7.68. The Kier molecular flexibility index (Phi) is 7.43. The maximum absolute atomic E-state index is 14.7. The lowest BCUT2D eigenvalue weighted by atomic mass is 9.88. The molecule has 0 aromatic heterocycles. The lowest BCUT2D eigenvalue weighted by Crippen LogP contribution is -2.47. The van der Waals surface area contributed by atoms with E-state index in [0.717, 1.165) is 0 Å². The Morgan fingerprint density at radius 3 is 2.12 bits per heavy atom. The van der Waals surface area contributed by atoms with Crippen molar-refractivity contribution in [1.29, 1.82) is 0 Å². The summed E-state index contributed by atoms with van der Waals surface area (Å²) in [6.07, 6.45) is 1.16. The summed E-state index contributed by atoms with van der Waals surface area (Å²) in [5.74, 6) is -0.280. The Morgan fingerprint density at radius 2 is 1.59 bits per heavy atom. The highest BCUT2D eigenvalue weighted by molar-refractivity contribution is 7.74. The summed E-state index contributed by atoms with van der Waals surface area (Å²) in [5, 5.41) is 3.43. The summed E-state index contributed by atoms with van der Waals surface area (Å²) < 4.78 is 53.0. The highest BCUT2D eigenvalue weighted by atomic mass is 35.5. The highest BCUT2D eigenvalue weighted by Gasteiger charge is 2.80. The molecule has 1 aromatic rings. The molecule has 3 aliphatic rings. The van der Waals surface area contributed by atoms with Gasteiger partial charge in [-0.2, -0.15) is 0 Å². The second-order valence-electron chi connectivity index (χ2n) is 8.58. The van der Waals surface area contributed by atoms with Crippen molar-refractivity contribution in [3.8, 4) is 0 Å². The molecule has 0 aliphatic carbocycles. The maximum Gasteiger partial charge on any atom is 0.350 e. The second-order valence-corrected chi connectivity index (χ2v) is 14.0. The maximum atomic E-state index is 14.7. The van der Waals surface area contributed by atoms with E-state index in [2.05, 4.69) is 5.32 Å². The van der Waals surface area contributed by atoms with Gasteiger partial charge in [0.15, 0.2) is 4.90 Å². The van der Waals surface area contributed by atoms with Crippen LogP contribution in [0.1, 0.15) is 52.5 Å². The molecule has 190 valence electrons. The molecule has 3 aliphatic heterocycles. The third kappa shape index (κ3) is 3.51. The van der Waals surface area contributed by atoms with Gasteiger partial charge in [-0.25, -0.2) is 0 Å². The van der Waals surface area contributed by atoms with Crippen molar-refractivity contribution >= 4 is 38.4 Å². The largest absolute Gasteiger partial charge is 0.350 e. The SMILES string of the molecule is CCOP(=O)(OCC)C1(P(=O)(OCC)OCC)CC2(C(=O)Nc3ccc(Cl)cc32)N2CCCC21. The van der Waals surface area contributed by atoms with Crippen molar-refractivity contribution in [3.05, 3.63) is 28.8 Å². The molecule has 0 radical (unpaired) electrons. The van der Waals surface area contributed by atoms with Gasteiger partial charge >= 0.3 is 15.2 Å². The fraction of sp³-hybridized carbons (Fsp3) is 0.682. The van der Waals surface area contributed by atoms with Gasteiger partial charge in [-0.05, 0) is 65.3 Å². The van der Waals surface area contributed by atoms with Gasteiger partial charge in [-0.15, -0.1) is 0 Å². The molecular weight excluding hydrogens is 502 g/mol. The molecule has 0 saturated carbocycles. The van der Waals surface area contributed by atoms with E-state index in [-0.39, 0.29) is 38.8 Å². The van der Waals surface area contributed by atoms with E-state index < -0.39 is 31.7 Å². The zero-order chi connectivity index (χ0) is 24.8. The Hall–Kier alpha value is -0.760. The standard InChI is InChI=1S/C22H33ClN2O7P2/c1-5-29-33(27,30-6-2)22(34(28,31-7-3)32-8-4)15-21(25-13-9-10-19(22)25)17-14-16(23)11-12-18(17)24-20(21)26/h11-12,14,19H,5-10,13,15H2,1-4H3,(H,24,26). The average Bonchev–Trinajstić information content (AvgIpc) is 3.44. The molecule has 1 amide bonds.